The zero-order valence-electron chi connectivity index (χ0n) is 11.3. The van der Waals surface area contributed by atoms with E-state index in [4.69, 9.17) is 4.42 Å². The Bertz CT molecular complexity index is 787. The molecule has 1 amide bonds. The molecule has 0 atom stereocenters. The third kappa shape index (κ3) is 2.29. The fourth-order valence-electron chi connectivity index (χ4n) is 2.27. The molecule has 4 rings (SSSR count). The molecule has 6 nitrogen and oxygen atoms in total. The molecule has 6 heteroatoms. The number of carbonyl (C=O) groups excluding carboxylic acids is 1. The quantitative estimate of drug-likeness (QED) is 0.795. The highest BCUT2D eigenvalue weighted by atomic mass is 16.3. The molecule has 3 aromatic rings. The number of carbonyl (C=O) groups is 1. The van der Waals surface area contributed by atoms with E-state index < -0.39 is 0 Å². The Hall–Kier alpha value is -2.63. The fourth-order valence-corrected chi connectivity index (χ4v) is 2.27. The Kier molecular flexibility index (Phi) is 2.73. The third-order valence-corrected chi connectivity index (χ3v) is 3.69. The first-order chi connectivity index (χ1) is 10.3. The third-order valence-electron chi connectivity index (χ3n) is 3.69. The van der Waals surface area contributed by atoms with Gasteiger partial charge in [-0.15, -0.1) is 10.2 Å². The molecule has 0 unspecified atom stereocenters. The van der Waals surface area contributed by atoms with Crippen LogP contribution in [0.2, 0.25) is 0 Å². The minimum atomic E-state index is -0.0596. The summed E-state index contributed by atoms with van der Waals surface area (Å²) in [6.45, 7) is 0.758. The standard InChI is InChI=1S/C15H14N4O2/c20-15(16-7-10-1-2-10)11-3-4-13-17-18-14(19(13)8-11)12-5-6-21-9-12/h3-6,8-10H,1-2,7H2,(H,16,20). The summed E-state index contributed by atoms with van der Waals surface area (Å²) in [5.41, 5.74) is 2.13. The summed E-state index contributed by atoms with van der Waals surface area (Å²) in [4.78, 5) is 12.2. The van der Waals surface area contributed by atoms with Crippen LogP contribution in [0.4, 0.5) is 0 Å². The minimum Gasteiger partial charge on any atom is -0.472 e. The maximum absolute atomic E-state index is 12.2. The van der Waals surface area contributed by atoms with Crippen molar-refractivity contribution >= 4 is 11.6 Å². The fraction of sp³-hybridized carbons (Fsp3) is 0.267. The summed E-state index contributed by atoms with van der Waals surface area (Å²) in [6, 6.07) is 5.38. The Morgan fingerprint density at radius 2 is 2.24 bits per heavy atom. The van der Waals surface area contributed by atoms with Crippen molar-refractivity contribution in [3.8, 4) is 11.4 Å². The molecule has 1 aliphatic rings. The van der Waals surface area contributed by atoms with E-state index in [0.717, 1.165) is 12.1 Å². The van der Waals surface area contributed by atoms with Gasteiger partial charge in [-0.3, -0.25) is 9.20 Å². The summed E-state index contributed by atoms with van der Waals surface area (Å²) in [5, 5.41) is 11.2. The zero-order valence-corrected chi connectivity index (χ0v) is 11.3. The number of nitrogens with one attached hydrogen (secondary N) is 1. The summed E-state index contributed by atoms with van der Waals surface area (Å²) in [7, 11) is 0. The second-order valence-electron chi connectivity index (χ2n) is 5.34. The van der Waals surface area contributed by atoms with Crippen LogP contribution < -0.4 is 5.32 Å². The van der Waals surface area contributed by atoms with Gasteiger partial charge < -0.3 is 9.73 Å². The van der Waals surface area contributed by atoms with Gasteiger partial charge in [0.25, 0.3) is 5.91 Å². The van der Waals surface area contributed by atoms with Crippen molar-refractivity contribution in [3.05, 3.63) is 42.5 Å². The van der Waals surface area contributed by atoms with Crippen LogP contribution in [0, 0.1) is 5.92 Å². The Labute approximate surface area is 120 Å². The normalized spacial score (nSPS) is 14.5. The predicted molar refractivity (Wildman–Crippen MR) is 75.7 cm³/mol. The second kappa shape index (κ2) is 4.73. The van der Waals surface area contributed by atoms with E-state index in [0.29, 0.717) is 23.0 Å². The molecule has 0 aromatic carbocycles. The van der Waals surface area contributed by atoms with Crippen LogP contribution in [0.5, 0.6) is 0 Å². The average molecular weight is 282 g/mol. The molecular weight excluding hydrogens is 268 g/mol. The minimum absolute atomic E-state index is 0.0596. The lowest BCUT2D eigenvalue weighted by molar-refractivity contribution is 0.0951. The maximum Gasteiger partial charge on any atom is 0.252 e. The summed E-state index contributed by atoms with van der Waals surface area (Å²) in [6.07, 6.45) is 7.39. The smallest absolute Gasteiger partial charge is 0.252 e. The van der Waals surface area contributed by atoms with Gasteiger partial charge in [0.05, 0.1) is 17.4 Å². The zero-order chi connectivity index (χ0) is 14.2. The number of amides is 1. The average Bonchev–Trinajstić information content (AvgIpc) is 3.01. The number of furan rings is 1. The van der Waals surface area contributed by atoms with Gasteiger partial charge in [0.15, 0.2) is 11.5 Å². The second-order valence-corrected chi connectivity index (χ2v) is 5.34. The molecule has 1 N–H and O–H groups in total. The van der Waals surface area contributed by atoms with Crippen molar-refractivity contribution in [3.63, 3.8) is 0 Å². The van der Waals surface area contributed by atoms with E-state index in [1.165, 1.54) is 12.8 Å². The van der Waals surface area contributed by atoms with Gasteiger partial charge in [0.2, 0.25) is 0 Å². The van der Waals surface area contributed by atoms with Crippen molar-refractivity contribution in [1.82, 2.24) is 19.9 Å². The first-order valence-corrected chi connectivity index (χ1v) is 6.97. The van der Waals surface area contributed by atoms with Crippen LogP contribution in [-0.2, 0) is 0 Å². The van der Waals surface area contributed by atoms with Crippen LogP contribution in [0.3, 0.4) is 0 Å². The molecular formula is C15H14N4O2. The lowest BCUT2D eigenvalue weighted by Gasteiger charge is -2.05. The highest BCUT2D eigenvalue weighted by molar-refractivity contribution is 5.94. The largest absolute Gasteiger partial charge is 0.472 e. The molecule has 3 aromatic heterocycles. The van der Waals surface area contributed by atoms with Crippen LogP contribution in [0.25, 0.3) is 17.0 Å². The van der Waals surface area contributed by atoms with Crippen molar-refractivity contribution < 1.29 is 9.21 Å². The summed E-state index contributed by atoms with van der Waals surface area (Å²) in [5.74, 6) is 1.26. The van der Waals surface area contributed by atoms with E-state index >= 15 is 0 Å². The van der Waals surface area contributed by atoms with E-state index in [9.17, 15) is 4.79 Å². The predicted octanol–water partition coefficient (Wildman–Crippen LogP) is 2.13. The molecule has 0 bridgehead atoms. The van der Waals surface area contributed by atoms with Crippen LogP contribution in [0.15, 0.2) is 41.3 Å². The van der Waals surface area contributed by atoms with Gasteiger partial charge in [0, 0.05) is 12.7 Å². The van der Waals surface area contributed by atoms with Crippen LogP contribution in [0.1, 0.15) is 23.2 Å². The van der Waals surface area contributed by atoms with E-state index in [1.807, 2.05) is 6.07 Å². The Morgan fingerprint density at radius 1 is 1.33 bits per heavy atom. The molecule has 1 fully saturated rings. The number of hydrogen-bond acceptors (Lipinski definition) is 4. The molecule has 0 saturated heterocycles. The lowest BCUT2D eigenvalue weighted by atomic mass is 10.2. The number of pyridine rings is 1. The van der Waals surface area contributed by atoms with Crippen molar-refractivity contribution in [2.75, 3.05) is 6.54 Å². The lowest BCUT2D eigenvalue weighted by Crippen LogP contribution is -2.25. The Morgan fingerprint density at radius 3 is 3.00 bits per heavy atom. The van der Waals surface area contributed by atoms with E-state index in [-0.39, 0.29) is 5.91 Å². The first-order valence-electron chi connectivity index (χ1n) is 6.97. The number of nitrogens with zero attached hydrogens (tertiary/aromatic N) is 3. The molecule has 106 valence electrons. The van der Waals surface area contributed by atoms with Crippen molar-refractivity contribution in [2.24, 2.45) is 5.92 Å². The van der Waals surface area contributed by atoms with Gasteiger partial charge >= 0.3 is 0 Å². The van der Waals surface area contributed by atoms with Crippen molar-refractivity contribution in [1.29, 1.82) is 0 Å². The molecule has 1 saturated carbocycles. The monoisotopic (exact) mass is 282 g/mol. The van der Waals surface area contributed by atoms with E-state index in [1.54, 1.807) is 35.3 Å². The highest BCUT2D eigenvalue weighted by Crippen LogP contribution is 2.27. The molecule has 0 aliphatic heterocycles. The van der Waals surface area contributed by atoms with Gasteiger partial charge in [-0.05, 0) is 37.0 Å². The molecule has 3 heterocycles. The Balaban J connectivity index is 1.67. The van der Waals surface area contributed by atoms with Gasteiger partial charge in [0.1, 0.15) is 6.26 Å². The van der Waals surface area contributed by atoms with Crippen molar-refractivity contribution in [2.45, 2.75) is 12.8 Å². The van der Waals surface area contributed by atoms with Gasteiger partial charge in [-0.25, -0.2) is 0 Å². The molecule has 0 radical (unpaired) electrons. The van der Waals surface area contributed by atoms with Crippen LogP contribution >= 0.6 is 0 Å². The topological polar surface area (TPSA) is 72.4 Å². The first kappa shape index (κ1) is 12.1. The SMILES string of the molecule is O=C(NCC1CC1)c1ccc2nnc(-c3ccoc3)n2c1. The summed E-state index contributed by atoms with van der Waals surface area (Å²) < 4.78 is 6.88. The maximum atomic E-state index is 12.2. The number of hydrogen-bond donors (Lipinski definition) is 1. The molecule has 1 aliphatic carbocycles. The molecule has 0 spiro atoms. The van der Waals surface area contributed by atoms with E-state index in [2.05, 4.69) is 15.5 Å². The highest BCUT2D eigenvalue weighted by Gasteiger charge is 2.22. The summed E-state index contributed by atoms with van der Waals surface area (Å²) >= 11 is 0. The van der Waals surface area contributed by atoms with Crippen LogP contribution in [-0.4, -0.2) is 27.0 Å². The molecule has 21 heavy (non-hydrogen) atoms. The number of fused-ring (bicyclic) bond motifs is 1. The van der Waals surface area contributed by atoms with Gasteiger partial charge in [-0.2, -0.15) is 0 Å². The number of rotatable bonds is 4. The number of aromatic nitrogens is 3. The van der Waals surface area contributed by atoms with Gasteiger partial charge in [-0.1, -0.05) is 0 Å².